The number of carbonyl (C=O) groups excluding carboxylic acids is 1. The van der Waals surface area contributed by atoms with Crippen LogP contribution in [-0.2, 0) is 21.5 Å². The van der Waals surface area contributed by atoms with Crippen LogP contribution in [0.3, 0.4) is 0 Å². The Balaban J connectivity index is 1.95. The highest BCUT2D eigenvalue weighted by atomic mass is 32.2. The van der Waals surface area contributed by atoms with Crippen LogP contribution in [0.2, 0.25) is 0 Å². The fourth-order valence-electron chi connectivity index (χ4n) is 3.01. The highest BCUT2D eigenvalue weighted by molar-refractivity contribution is 7.86. The van der Waals surface area contributed by atoms with Gasteiger partial charge in [0.05, 0.1) is 5.92 Å². The van der Waals surface area contributed by atoms with Crippen molar-refractivity contribution < 1.29 is 17.6 Å². The summed E-state index contributed by atoms with van der Waals surface area (Å²) in [4.78, 5) is 12.4. The third-order valence-corrected chi connectivity index (χ3v) is 6.65. The van der Waals surface area contributed by atoms with Crippen molar-refractivity contribution in [2.45, 2.75) is 33.2 Å². The lowest BCUT2D eigenvalue weighted by molar-refractivity contribution is -0.126. The molecule has 0 radical (unpaired) electrons. The highest BCUT2D eigenvalue weighted by Crippen LogP contribution is 2.21. The lowest BCUT2D eigenvalue weighted by atomic mass is 9.99. The predicted octanol–water partition coefficient (Wildman–Crippen LogP) is 1.74. The van der Waals surface area contributed by atoms with Crippen molar-refractivity contribution in [2.24, 2.45) is 5.92 Å². The van der Waals surface area contributed by atoms with Crippen LogP contribution >= 0.6 is 0 Å². The topological polar surface area (TPSA) is 69.7 Å². The number of piperidine rings is 1. The molecule has 1 N–H and O–H groups in total. The van der Waals surface area contributed by atoms with Gasteiger partial charge in [-0.25, -0.2) is 4.39 Å². The number of hydrogen-bond donors (Lipinski definition) is 1. The van der Waals surface area contributed by atoms with E-state index in [0.29, 0.717) is 39.0 Å². The van der Waals surface area contributed by atoms with E-state index in [1.807, 2.05) is 0 Å². The van der Waals surface area contributed by atoms with E-state index in [9.17, 15) is 17.6 Å². The molecule has 0 saturated carbocycles. The molecule has 0 unspecified atom stereocenters. The van der Waals surface area contributed by atoms with Crippen LogP contribution in [0.15, 0.2) is 24.3 Å². The van der Waals surface area contributed by atoms with Gasteiger partial charge in [-0.2, -0.15) is 17.0 Å². The summed E-state index contributed by atoms with van der Waals surface area (Å²) >= 11 is 0. The molecule has 1 heterocycles. The number of benzene rings is 1. The standard InChI is InChI=1S/C17H26FN3O3S/c1-3-20(4-2)25(23,24)21-11-5-6-15(13-21)17(22)19-12-14-7-9-16(18)10-8-14/h7-10,15H,3-6,11-13H2,1-2H3,(H,19,22)/t15-/m1/s1. The van der Waals surface area contributed by atoms with Gasteiger partial charge >= 0.3 is 0 Å². The van der Waals surface area contributed by atoms with E-state index in [0.717, 1.165) is 5.56 Å². The van der Waals surface area contributed by atoms with Gasteiger partial charge in [0.1, 0.15) is 5.82 Å². The molecule has 25 heavy (non-hydrogen) atoms. The second-order valence-corrected chi connectivity index (χ2v) is 8.06. The summed E-state index contributed by atoms with van der Waals surface area (Å²) < 4.78 is 40.9. The van der Waals surface area contributed by atoms with Crippen LogP contribution < -0.4 is 5.32 Å². The molecule has 0 aliphatic carbocycles. The summed E-state index contributed by atoms with van der Waals surface area (Å²) in [5.74, 6) is -0.845. The lowest BCUT2D eigenvalue weighted by Gasteiger charge is -2.34. The SMILES string of the molecule is CCN(CC)S(=O)(=O)N1CCC[C@@H](C(=O)NCc2ccc(F)cc2)C1. The zero-order valence-electron chi connectivity index (χ0n) is 14.7. The Hall–Kier alpha value is -1.51. The fraction of sp³-hybridized carbons (Fsp3) is 0.588. The summed E-state index contributed by atoms with van der Waals surface area (Å²) in [5, 5.41) is 2.82. The maximum absolute atomic E-state index is 12.9. The van der Waals surface area contributed by atoms with E-state index in [4.69, 9.17) is 0 Å². The van der Waals surface area contributed by atoms with Crippen molar-refractivity contribution in [1.82, 2.24) is 13.9 Å². The molecule has 8 heteroatoms. The van der Waals surface area contributed by atoms with Crippen molar-refractivity contribution in [2.75, 3.05) is 26.2 Å². The Morgan fingerprint density at radius 2 is 1.92 bits per heavy atom. The predicted molar refractivity (Wildman–Crippen MR) is 94.4 cm³/mol. The zero-order chi connectivity index (χ0) is 18.4. The van der Waals surface area contributed by atoms with Gasteiger partial charge < -0.3 is 5.32 Å². The largest absolute Gasteiger partial charge is 0.352 e. The van der Waals surface area contributed by atoms with Crippen molar-refractivity contribution >= 4 is 16.1 Å². The average Bonchev–Trinajstić information content (AvgIpc) is 2.62. The molecule has 1 fully saturated rings. The molecular formula is C17H26FN3O3S. The molecule has 1 atom stereocenters. The van der Waals surface area contributed by atoms with Gasteiger partial charge in [0.25, 0.3) is 10.2 Å². The van der Waals surface area contributed by atoms with E-state index in [1.54, 1.807) is 26.0 Å². The third kappa shape index (κ3) is 4.99. The van der Waals surface area contributed by atoms with Crippen molar-refractivity contribution in [3.63, 3.8) is 0 Å². The van der Waals surface area contributed by atoms with Crippen LogP contribution in [-0.4, -0.2) is 49.1 Å². The normalized spacial score (nSPS) is 19.1. The van der Waals surface area contributed by atoms with E-state index in [-0.39, 0.29) is 24.2 Å². The Kier molecular flexibility index (Phi) is 6.92. The Labute approximate surface area is 149 Å². The number of halogens is 1. The smallest absolute Gasteiger partial charge is 0.281 e. The average molecular weight is 371 g/mol. The molecule has 1 saturated heterocycles. The number of nitrogens with zero attached hydrogens (tertiary/aromatic N) is 2. The lowest BCUT2D eigenvalue weighted by Crippen LogP contribution is -2.50. The quantitative estimate of drug-likeness (QED) is 0.794. The highest BCUT2D eigenvalue weighted by Gasteiger charge is 2.34. The molecule has 2 rings (SSSR count). The van der Waals surface area contributed by atoms with E-state index in [2.05, 4.69) is 5.32 Å². The van der Waals surface area contributed by atoms with Crippen molar-refractivity contribution in [3.05, 3.63) is 35.6 Å². The third-order valence-electron chi connectivity index (χ3n) is 4.49. The molecule has 1 amide bonds. The van der Waals surface area contributed by atoms with Gasteiger partial charge in [-0.1, -0.05) is 26.0 Å². The summed E-state index contributed by atoms with van der Waals surface area (Å²) in [6.45, 7) is 5.39. The maximum Gasteiger partial charge on any atom is 0.281 e. The number of amides is 1. The van der Waals surface area contributed by atoms with E-state index in [1.165, 1.54) is 20.7 Å². The van der Waals surface area contributed by atoms with Crippen LogP contribution in [0.25, 0.3) is 0 Å². The first-order chi connectivity index (χ1) is 11.9. The molecular weight excluding hydrogens is 345 g/mol. The number of carbonyl (C=O) groups is 1. The molecule has 140 valence electrons. The van der Waals surface area contributed by atoms with Crippen molar-refractivity contribution in [1.29, 1.82) is 0 Å². The summed E-state index contributed by atoms with van der Waals surface area (Å²) in [7, 11) is -3.52. The van der Waals surface area contributed by atoms with Crippen LogP contribution in [0, 0.1) is 11.7 Å². The molecule has 1 aromatic carbocycles. The number of rotatable bonds is 7. The fourth-order valence-corrected chi connectivity index (χ4v) is 4.72. The van der Waals surface area contributed by atoms with Gasteiger partial charge in [-0.3, -0.25) is 4.79 Å². The van der Waals surface area contributed by atoms with Crippen molar-refractivity contribution in [3.8, 4) is 0 Å². The molecule has 0 aromatic heterocycles. The van der Waals surface area contributed by atoms with Crippen LogP contribution in [0.4, 0.5) is 4.39 Å². The Morgan fingerprint density at radius 3 is 2.52 bits per heavy atom. The van der Waals surface area contributed by atoms with Gasteiger partial charge in [0.2, 0.25) is 5.91 Å². The Morgan fingerprint density at radius 1 is 1.28 bits per heavy atom. The molecule has 1 aliphatic rings. The first kappa shape index (κ1) is 19.8. The van der Waals surface area contributed by atoms with Crippen LogP contribution in [0.1, 0.15) is 32.3 Å². The van der Waals surface area contributed by atoms with Gasteiger partial charge in [-0.05, 0) is 30.5 Å². The summed E-state index contributed by atoms with van der Waals surface area (Å²) in [6, 6.07) is 5.93. The van der Waals surface area contributed by atoms with Gasteiger partial charge in [-0.15, -0.1) is 0 Å². The molecule has 6 nitrogen and oxygen atoms in total. The number of hydrogen-bond acceptors (Lipinski definition) is 3. The van der Waals surface area contributed by atoms with E-state index < -0.39 is 10.2 Å². The minimum absolute atomic E-state index is 0.163. The van der Waals surface area contributed by atoms with E-state index >= 15 is 0 Å². The molecule has 1 aromatic rings. The van der Waals surface area contributed by atoms with Gasteiger partial charge in [0, 0.05) is 32.7 Å². The molecule has 1 aliphatic heterocycles. The summed E-state index contributed by atoms with van der Waals surface area (Å²) in [6.07, 6.45) is 1.33. The molecule has 0 spiro atoms. The molecule has 0 bridgehead atoms. The van der Waals surface area contributed by atoms with Crippen LogP contribution in [0.5, 0.6) is 0 Å². The number of nitrogens with one attached hydrogen (secondary N) is 1. The second-order valence-electron chi connectivity index (χ2n) is 6.13. The maximum atomic E-state index is 12.9. The second kappa shape index (κ2) is 8.73. The zero-order valence-corrected chi connectivity index (χ0v) is 15.6. The minimum atomic E-state index is -3.52. The van der Waals surface area contributed by atoms with Gasteiger partial charge in [0.15, 0.2) is 0 Å². The first-order valence-electron chi connectivity index (χ1n) is 8.65. The summed E-state index contributed by atoms with van der Waals surface area (Å²) in [5.41, 5.74) is 0.804. The minimum Gasteiger partial charge on any atom is -0.352 e. The monoisotopic (exact) mass is 371 g/mol. The first-order valence-corrected chi connectivity index (χ1v) is 10.1. The Bertz CT molecular complexity index is 675.